The lowest BCUT2D eigenvalue weighted by Gasteiger charge is -2.34. The Hall–Kier alpha value is -3.62. The number of aromatic nitrogens is 1. The summed E-state index contributed by atoms with van der Waals surface area (Å²) in [6.07, 6.45) is 0.726. The van der Waals surface area contributed by atoms with Crippen molar-refractivity contribution in [2.75, 3.05) is 6.61 Å². The number of rotatable bonds is 12. The Kier molecular flexibility index (Phi) is 9.30. The number of ether oxygens (including phenoxy) is 1. The molecule has 1 atom stereocenters. The minimum atomic E-state index is -1.54. The van der Waals surface area contributed by atoms with Gasteiger partial charge in [-0.15, -0.1) is 0 Å². The highest BCUT2D eigenvalue weighted by molar-refractivity contribution is 5.96. The predicted octanol–water partition coefficient (Wildman–Crippen LogP) is 4.09. The second kappa shape index (κ2) is 11.6. The summed E-state index contributed by atoms with van der Waals surface area (Å²) < 4.78 is 7.54. The minimum absolute atomic E-state index is 0.00805. The molecule has 1 heterocycles. The van der Waals surface area contributed by atoms with Crippen LogP contribution in [0.15, 0.2) is 30.3 Å². The van der Waals surface area contributed by atoms with Crippen LogP contribution in [0.5, 0.6) is 5.75 Å². The third kappa shape index (κ3) is 6.58. The predicted molar refractivity (Wildman–Crippen MR) is 139 cm³/mol. The van der Waals surface area contributed by atoms with E-state index in [1.165, 1.54) is 0 Å². The van der Waals surface area contributed by atoms with Crippen molar-refractivity contribution >= 4 is 23.6 Å². The van der Waals surface area contributed by atoms with E-state index in [1.54, 1.807) is 17.7 Å². The average Bonchev–Trinajstić information content (AvgIpc) is 3.20. The Balaban J connectivity index is 2.39. The molecule has 0 aliphatic rings. The summed E-state index contributed by atoms with van der Waals surface area (Å²) in [4.78, 5) is 47.6. The summed E-state index contributed by atoms with van der Waals surface area (Å²) in [5.74, 6) is -2.75. The Morgan fingerprint density at radius 1 is 1.03 bits per heavy atom. The molecule has 37 heavy (non-hydrogen) atoms. The molecule has 202 valence electrons. The molecule has 0 saturated heterocycles. The Morgan fingerprint density at radius 2 is 1.65 bits per heavy atom. The third-order valence-corrected chi connectivity index (χ3v) is 6.96. The third-order valence-electron chi connectivity index (χ3n) is 6.96. The number of carboxylic acid groups (broad SMARTS) is 2. The highest BCUT2D eigenvalue weighted by atomic mass is 16.5. The molecular formula is C28H38N2O7. The second-order valence-corrected chi connectivity index (χ2v) is 10.4. The summed E-state index contributed by atoms with van der Waals surface area (Å²) in [7, 11) is 1.74. The van der Waals surface area contributed by atoms with Crippen LogP contribution in [0.3, 0.4) is 0 Å². The molecule has 2 rings (SSSR count). The molecule has 0 unspecified atom stereocenters. The first-order chi connectivity index (χ1) is 17.2. The molecule has 1 aromatic carbocycles. The maximum atomic E-state index is 12.9. The largest absolute Gasteiger partial charge is 0.486 e. The van der Waals surface area contributed by atoms with Crippen LogP contribution in [0.4, 0.5) is 0 Å². The SMILES string of the molecule is CCC(CC)(c1ccc(OCC(=O)C(C)(C)C)c(C)c1)c1ccc(C(=O)N[C@@H](CC(=O)O)C(=O)O)n1C. The van der Waals surface area contributed by atoms with Crippen molar-refractivity contribution in [1.29, 1.82) is 0 Å². The first kappa shape index (κ1) is 29.6. The molecule has 0 saturated carbocycles. The number of benzene rings is 1. The van der Waals surface area contributed by atoms with Crippen LogP contribution in [0.2, 0.25) is 0 Å². The van der Waals surface area contributed by atoms with E-state index >= 15 is 0 Å². The van der Waals surface area contributed by atoms with Crippen LogP contribution >= 0.6 is 0 Å². The van der Waals surface area contributed by atoms with Crippen molar-refractivity contribution in [3.63, 3.8) is 0 Å². The lowest BCUT2D eigenvalue weighted by Crippen LogP contribution is -2.43. The molecule has 9 heteroatoms. The van der Waals surface area contributed by atoms with Crippen molar-refractivity contribution in [3.8, 4) is 5.75 Å². The van der Waals surface area contributed by atoms with Crippen LogP contribution in [-0.4, -0.2) is 51.1 Å². The highest BCUT2D eigenvalue weighted by Gasteiger charge is 2.35. The van der Waals surface area contributed by atoms with Gasteiger partial charge in [-0.25, -0.2) is 4.79 Å². The molecule has 1 aromatic heterocycles. The van der Waals surface area contributed by atoms with Crippen molar-refractivity contribution in [1.82, 2.24) is 9.88 Å². The van der Waals surface area contributed by atoms with Gasteiger partial charge in [0.25, 0.3) is 5.91 Å². The fourth-order valence-corrected chi connectivity index (χ4v) is 4.46. The van der Waals surface area contributed by atoms with Crippen molar-refractivity contribution in [3.05, 3.63) is 52.8 Å². The van der Waals surface area contributed by atoms with Gasteiger partial charge in [0.15, 0.2) is 5.78 Å². The first-order valence-electron chi connectivity index (χ1n) is 12.4. The fraction of sp³-hybridized carbons (Fsp3) is 0.500. The van der Waals surface area contributed by atoms with Gasteiger partial charge in [0.1, 0.15) is 24.1 Å². The lowest BCUT2D eigenvalue weighted by atomic mass is 9.72. The lowest BCUT2D eigenvalue weighted by molar-refractivity contribution is -0.145. The minimum Gasteiger partial charge on any atom is -0.486 e. The number of hydrogen-bond donors (Lipinski definition) is 3. The summed E-state index contributed by atoms with van der Waals surface area (Å²) in [6, 6.07) is 7.79. The standard InChI is InChI=1S/C28H38N2O7/c1-8-28(9-2,18-10-12-21(17(3)14-18)37-16-23(31)27(4,5)6)22-13-11-20(30(22)7)25(34)29-19(26(35)36)15-24(32)33/h10-14,19H,8-9,15-16H2,1-7H3,(H,29,34)(H,32,33)(H,35,36)/t19-/m0/s1. The summed E-state index contributed by atoms with van der Waals surface area (Å²) >= 11 is 0. The molecule has 0 fully saturated rings. The highest BCUT2D eigenvalue weighted by Crippen LogP contribution is 2.41. The number of carboxylic acids is 2. The Morgan fingerprint density at radius 3 is 2.14 bits per heavy atom. The number of carbonyl (C=O) groups is 4. The van der Waals surface area contributed by atoms with Gasteiger partial charge in [0.2, 0.25) is 0 Å². The van der Waals surface area contributed by atoms with E-state index < -0.39 is 41.1 Å². The van der Waals surface area contributed by atoms with Crippen molar-refractivity contribution in [2.45, 2.75) is 72.3 Å². The number of Topliss-reactive ketones (excluding diaryl/α,β-unsaturated/α-hetero) is 1. The van der Waals surface area contributed by atoms with Gasteiger partial charge in [0, 0.05) is 23.6 Å². The zero-order valence-corrected chi connectivity index (χ0v) is 22.7. The fourth-order valence-electron chi connectivity index (χ4n) is 4.46. The molecular weight excluding hydrogens is 476 g/mol. The van der Waals surface area contributed by atoms with Gasteiger partial charge < -0.3 is 24.8 Å². The van der Waals surface area contributed by atoms with Gasteiger partial charge in [0.05, 0.1) is 6.42 Å². The van der Waals surface area contributed by atoms with E-state index in [2.05, 4.69) is 19.2 Å². The van der Waals surface area contributed by atoms with E-state index in [0.29, 0.717) is 5.75 Å². The molecule has 1 amide bonds. The van der Waals surface area contributed by atoms with Gasteiger partial charge in [-0.3, -0.25) is 14.4 Å². The number of aliphatic carboxylic acids is 2. The van der Waals surface area contributed by atoms with Crippen LogP contribution in [-0.2, 0) is 26.8 Å². The van der Waals surface area contributed by atoms with E-state index in [9.17, 15) is 24.3 Å². The second-order valence-electron chi connectivity index (χ2n) is 10.4. The van der Waals surface area contributed by atoms with E-state index in [-0.39, 0.29) is 18.1 Å². The quantitative estimate of drug-likeness (QED) is 0.388. The molecule has 0 bridgehead atoms. The van der Waals surface area contributed by atoms with Gasteiger partial charge in [-0.1, -0.05) is 46.8 Å². The number of aryl methyl sites for hydroxylation is 1. The van der Waals surface area contributed by atoms with Crippen LogP contribution < -0.4 is 10.1 Å². The number of amides is 1. The normalized spacial score (nSPS) is 12.6. The van der Waals surface area contributed by atoms with Gasteiger partial charge in [-0.2, -0.15) is 0 Å². The number of carbonyl (C=O) groups excluding carboxylic acids is 2. The molecule has 0 aliphatic carbocycles. The summed E-state index contributed by atoms with van der Waals surface area (Å²) in [6.45, 7) is 11.6. The van der Waals surface area contributed by atoms with Crippen molar-refractivity contribution in [2.24, 2.45) is 12.5 Å². The smallest absolute Gasteiger partial charge is 0.326 e. The van der Waals surface area contributed by atoms with Gasteiger partial charge >= 0.3 is 11.9 Å². The van der Waals surface area contributed by atoms with Crippen LogP contribution in [0.1, 0.15) is 81.2 Å². The molecule has 2 aromatic rings. The molecule has 9 nitrogen and oxygen atoms in total. The Bertz CT molecular complexity index is 1170. The summed E-state index contributed by atoms with van der Waals surface area (Å²) in [5, 5.41) is 20.6. The molecule has 0 radical (unpaired) electrons. The first-order valence-corrected chi connectivity index (χ1v) is 12.4. The van der Waals surface area contributed by atoms with E-state index in [1.807, 2.05) is 52.0 Å². The zero-order chi connectivity index (χ0) is 28.1. The Labute approximate surface area is 217 Å². The van der Waals surface area contributed by atoms with Crippen LogP contribution in [0, 0.1) is 12.3 Å². The average molecular weight is 515 g/mol. The van der Waals surface area contributed by atoms with Crippen molar-refractivity contribution < 1.29 is 34.1 Å². The zero-order valence-electron chi connectivity index (χ0n) is 22.7. The molecule has 0 aliphatic heterocycles. The molecule has 3 N–H and O–H groups in total. The van der Waals surface area contributed by atoms with Crippen LogP contribution in [0.25, 0.3) is 0 Å². The molecule has 0 spiro atoms. The number of nitrogens with one attached hydrogen (secondary N) is 1. The van der Waals surface area contributed by atoms with E-state index in [0.717, 1.165) is 29.7 Å². The summed E-state index contributed by atoms with van der Waals surface area (Å²) in [5.41, 5.74) is 2.06. The number of hydrogen-bond acceptors (Lipinski definition) is 5. The number of ketones is 1. The maximum absolute atomic E-state index is 12.9. The topological polar surface area (TPSA) is 135 Å². The maximum Gasteiger partial charge on any atom is 0.326 e. The van der Waals surface area contributed by atoms with E-state index in [4.69, 9.17) is 9.84 Å². The van der Waals surface area contributed by atoms with Gasteiger partial charge in [-0.05, 0) is 49.1 Å². The monoisotopic (exact) mass is 514 g/mol. The number of nitrogens with zero attached hydrogens (tertiary/aromatic N) is 1.